The summed E-state index contributed by atoms with van der Waals surface area (Å²) in [6.45, 7) is 1.30. The highest BCUT2D eigenvalue weighted by Gasteiger charge is 2.34. The van der Waals surface area contributed by atoms with E-state index < -0.39 is 5.82 Å². The van der Waals surface area contributed by atoms with Crippen molar-refractivity contribution in [3.8, 4) is 6.07 Å². The van der Waals surface area contributed by atoms with Gasteiger partial charge in [0.05, 0.1) is 17.7 Å². The molecule has 0 amide bonds. The zero-order valence-electron chi connectivity index (χ0n) is 12.2. The third kappa shape index (κ3) is 2.84. The minimum atomic E-state index is -0.487. The van der Waals surface area contributed by atoms with Crippen LogP contribution in [0, 0.1) is 17.1 Å². The number of rotatable bonds is 4. The number of nitrogens with zero attached hydrogens (tertiary/aromatic N) is 4. The molecule has 0 unspecified atom stereocenters. The number of hydrogen-bond donors (Lipinski definition) is 1. The lowest BCUT2D eigenvalue weighted by Gasteiger charge is -2.22. The summed E-state index contributed by atoms with van der Waals surface area (Å²) < 4.78 is 19.2. The Bertz CT molecular complexity index is 682. The Morgan fingerprint density at radius 2 is 2.41 bits per heavy atom. The number of halogens is 1. The summed E-state index contributed by atoms with van der Waals surface area (Å²) in [6, 6.07) is 6.59. The Balaban J connectivity index is 1.80. The number of likely N-dealkylation sites (tertiary alicyclic amines) is 1. The van der Waals surface area contributed by atoms with E-state index in [9.17, 15) is 4.39 Å². The molecule has 3 rings (SSSR count). The quantitative estimate of drug-likeness (QED) is 0.931. The largest absolute Gasteiger partial charge is 0.380 e. The average Bonchev–Trinajstić information content (AvgIpc) is 3.16. The molecule has 1 aliphatic rings. The summed E-state index contributed by atoms with van der Waals surface area (Å²) in [5.74, 6) is 0.298. The lowest BCUT2D eigenvalue weighted by Crippen LogP contribution is -2.25. The van der Waals surface area contributed by atoms with Crippen LogP contribution in [0.4, 0.5) is 4.39 Å². The summed E-state index contributed by atoms with van der Waals surface area (Å²) in [5.41, 5.74) is 0.879. The number of H-pyrrole nitrogens is 1. The number of nitriles is 1. The van der Waals surface area contributed by atoms with Crippen molar-refractivity contribution in [2.24, 2.45) is 0 Å². The number of aromatic nitrogens is 3. The lowest BCUT2D eigenvalue weighted by atomic mass is 10.1. The molecule has 1 N–H and O–H groups in total. The standard InChI is InChI=1S/C15H16FN5O/c1-22-12-5-14(15-18-9-19-20-15)21(8-12)7-10-2-3-11(6-17)13(16)4-10/h2-4,9,12,14H,5,7-8H2,1H3,(H,18,19,20)/t12-,14+/m1/s1. The molecule has 0 aliphatic carbocycles. The number of hydrogen-bond acceptors (Lipinski definition) is 5. The highest BCUT2D eigenvalue weighted by Crippen LogP contribution is 2.32. The maximum absolute atomic E-state index is 13.7. The summed E-state index contributed by atoms with van der Waals surface area (Å²) in [6.07, 6.45) is 2.40. The number of nitrogens with one attached hydrogen (secondary N) is 1. The SMILES string of the molecule is CO[C@@H]1C[C@@H](c2ncn[nH]2)N(Cc2ccc(C#N)c(F)c2)C1. The molecule has 1 fully saturated rings. The number of ether oxygens (including phenoxy) is 1. The zero-order chi connectivity index (χ0) is 15.5. The van der Waals surface area contributed by atoms with Crippen LogP contribution in [0.25, 0.3) is 0 Å². The molecule has 1 saturated heterocycles. The van der Waals surface area contributed by atoms with Gasteiger partial charge in [0.25, 0.3) is 0 Å². The van der Waals surface area contributed by atoms with E-state index in [1.807, 2.05) is 6.07 Å². The van der Waals surface area contributed by atoms with Crippen LogP contribution in [-0.2, 0) is 11.3 Å². The van der Waals surface area contributed by atoms with Crippen LogP contribution in [0.15, 0.2) is 24.5 Å². The van der Waals surface area contributed by atoms with Crippen LogP contribution >= 0.6 is 0 Å². The number of methoxy groups -OCH3 is 1. The molecule has 0 radical (unpaired) electrons. The van der Waals surface area contributed by atoms with Crippen molar-refractivity contribution in [1.29, 1.82) is 5.26 Å². The first-order chi connectivity index (χ1) is 10.7. The van der Waals surface area contributed by atoms with Crippen molar-refractivity contribution in [2.45, 2.75) is 25.1 Å². The van der Waals surface area contributed by atoms with Gasteiger partial charge in [-0.3, -0.25) is 10.00 Å². The van der Waals surface area contributed by atoms with Crippen LogP contribution in [0.3, 0.4) is 0 Å². The molecule has 0 bridgehead atoms. The van der Waals surface area contributed by atoms with Gasteiger partial charge in [0, 0.05) is 20.2 Å². The van der Waals surface area contributed by atoms with Gasteiger partial charge in [-0.15, -0.1) is 0 Å². The average molecular weight is 301 g/mol. The van der Waals surface area contributed by atoms with E-state index in [4.69, 9.17) is 10.00 Å². The van der Waals surface area contributed by atoms with E-state index in [2.05, 4.69) is 20.1 Å². The van der Waals surface area contributed by atoms with Crippen molar-refractivity contribution in [3.05, 3.63) is 47.3 Å². The molecule has 22 heavy (non-hydrogen) atoms. The fourth-order valence-corrected chi connectivity index (χ4v) is 2.85. The molecule has 0 saturated carbocycles. The maximum atomic E-state index is 13.7. The minimum absolute atomic E-state index is 0.0613. The Labute approximate surface area is 127 Å². The molecular weight excluding hydrogens is 285 g/mol. The molecule has 0 spiro atoms. The minimum Gasteiger partial charge on any atom is -0.380 e. The van der Waals surface area contributed by atoms with E-state index in [0.29, 0.717) is 6.54 Å². The van der Waals surface area contributed by atoms with E-state index >= 15 is 0 Å². The Morgan fingerprint density at radius 1 is 1.55 bits per heavy atom. The van der Waals surface area contributed by atoms with E-state index in [0.717, 1.165) is 24.4 Å². The molecule has 2 aromatic rings. The van der Waals surface area contributed by atoms with Gasteiger partial charge in [0.1, 0.15) is 24.0 Å². The van der Waals surface area contributed by atoms with Gasteiger partial charge < -0.3 is 4.74 Å². The summed E-state index contributed by atoms with van der Waals surface area (Å²) >= 11 is 0. The molecular formula is C15H16FN5O. The predicted octanol–water partition coefficient (Wildman–Crippen LogP) is 1.78. The van der Waals surface area contributed by atoms with Gasteiger partial charge >= 0.3 is 0 Å². The highest BCUT2D eigenvalue weighted by molar-refractivity contribution is 5.33. The molecule has 2 heterocycles. The van der Waals surface area contributed by atoms with E-state index in [1.54, 1.807) is 13.2 Å². The van der Waals surface area contributed by atoms with Crippen LogP contribution < -0.4 is 0 Å². The van der Waals surface area contributed by atoms with Gasteiger partial charge in [-0.2, -0.15) is 10.4 Å². The fraction of sp³-hybridized carbons (Fsp3) is 0.400. The molecule has 1 aromatic heterocycles. The molecule has 7 heteroatoms. The van der Waals surface area contributed by atoms with Crippen LogP contribution in [0.1, 0.15) is 29.4 Å². The van der Waals surface area contributed by atoms with Crippen molar-refractivity contribution in [3.63, 3.8) is 0 Å². The fourth-order valence-electron chi connectivity index (χ4n) is 2.85. The number of benzene rings is 1. The molecule has 2 atom stereocenters. The second-order valence-corrected chi connectivity index (χ2v) is 5.34. The smallest absolute Gasteiger partial charge is 0.141 e. The number of aromatic amines is 1. The van der Waals surface area contributed by atoms with E-state index in [-0.39, 0.29) is 17.7 Å². The second kappa shape index (κ2) is 6.22. The Hall–Kier alpha value is -2.30. The van der Waals surface area contributed by atoms with Gasteiger partial charge in [0.15, 0.2) is 0 Å². The maximum Gasteiger partial charge on any atom is 0.141 e. The van der Waals surface area contributed by atoms with Crippen LogP contribution in [0.2, 0.25) is 0 Å². The van der Waals surface area contributed by atoms with E-state index in [1.165, 1.54) is 18.5 Å². The van der Waals surface area contributed by atoms with Crippen molar-refractivity contribution < 1.29 is 9.13 Å². The molecule has 1 aromatic carbocycles. The molecule has 114 valence electrons. The first-order valence-electron chi connectivity index (χ1n) is 7.02. The topological polar surface area (TPSA) is 77.8 Å². The van der Waals surface area contributed by atoms with Crippen molar-refractivity contribution >= 4 is 0 Å². The van der Waals surface area contributed by atoms with Gasteiger partial charge in [-0.1, -0.05) is 6.07 Å². The second-order valence-electron chi connectivity index (χ2n) is 5.34. The van der Waals surface area contributed by atoms with Crippen molar-refractivity contribution in [1.82, 2.24) is 20.1 Å². The highest BCUT2D eigenvalue weighted by atomic mass is 19.1. The first-order valence-corrected chi connectivity index (χ1v) is 7.02. The first kappa shape index (κ1) is 14.6. The zero-order valence-corrected chi connectivity index (χ0v) is 12.2. The Kier molecular flexibility index (Phi) is 4.13. The Morgan fingerprint density at radius 3 is 3.05 bits per heavy atom. The van der Waals surface area contributed by atoms with Gasteiger partial charge in [-0.25, -0.2) is 9.37 Å². The van der Waals surface area contributed by atoms with Crippen LogP contribution in [0.5, 0.6) is 0 Å². The predicted molar refractivity (Wildman–Crippen MR) is 76.1 cm³/mol. The third-order valence-corrected chi connectivity index (χ3v) is 3.99. The summed E-state index contributed by atoms with van der Waals surface area (Å²) in [4.78, 5) is 6.40. The third-order valence-electron chi connectivity index (χ3n) is 3.99. The lowest BCUT2D eigenvalue weighted by molar-refractivity contribution is 0.107. The van der Waals surface area contributed by atoms with Gasteiger partial charge in [-0.05, 0) is 24.1 Å². The van der Waals surface area contributed by atoms with Gasteiger partial charge in [0.2, 0.25) is 0 Å². The van der Waals surface area contributed by atoms with Crippen molar-refractivity contribution in [2.75, 3.05) is 13.7 Å². The molecule has 6 nitrogen and oxygen atoms in total. The summed E-state index contributed by atoms with van der Waals surface area (Å²) in [7, 11) is 1.69. The van der Waals surface area contributed by atoms with Crippen LogP contribution in [-0.4, -0.2) is 39.8 Å². The normalized spacial score (nSPS) is 21.9. The molecule has 1 aliphatic heterocycles. The summed E-state index contributed by atoms with van der Waals surface area (Å²) in [5, 5.41) is 15.6. The monoisotopic (exact) mass is 301 g/mol.